The van der Waals surface area contributed by atoms with E-state index >= 15 is 0 Å². The van der Waals surface area contributed by atoms with Gasteiger partial charge in [-0.2, -0.15) is 0 Å². The molecule has 1 aromatic rings. The number of halogens is 1. The largest absolute Gasteiger partial charge is 0.114 e. The average Bonchev–Trinajstić information content (AvgIpc) is 1.90. The van der Waals surface area contributed by atoms with Gasteiger partial charge < -0.3 is 0 Å². The van der Waals surface area contributed by atoms with Crippen molar-refractivity contribution in [3.05, 3.63) is 42.0 Å². The zero-order valence-corrected chi connectivity index (χ0v) is 7.72. The molecule has 0 aliphatic heterocycles. The molecule has 10 heavy (non-hydrogen) atoms. The zero-order chi connectivity index (χ0) is 6.69. The highest BCUT2D eigenvalue weighted by molar-refractivity contribution is 8.93. The van der Waals surface area contributed by atoms with Crippen LogP contribution in [-0.4, -0.2) is 0 Å². The smallest absolute Gasteiger partial charge is 0.0262 e. The monoisotopic (exact) mass is 198 g/mol. The van der Waals surface area contributed by atoms with Gasteiger partial charge in [-0.25, -0.2) is 0 Å². The van der Waals surface area contributed by atoms with Crippen molar-refractivity contribution in [1.82, 2.24) is 0 Å². The lowest BCUT2D eigenvalue weighted by Crippen LogP contribution is -1.71. The van der Waals surface area contributed by atoms with E-state index in [0.29, 0.717) is 0 Å². The minimum Gasteiger partial charge on any atom is -0.114 e. The van der Waals surface area contributed by atoms with E-state index in [0.717, 1.165) is 0 Å². The summed E-state index contributed by atoms with van der Waals surface area (Å²) in [7, 11) is 0. The number of aryl methyl sites for hydroxylation is 1. The predicted octanol–water partition coefficient (Wildman–Crippen LogP) is 3.22. The molecule has 0 atom stereocenters. The standard InChI is InChI=1S/C9H10.BrH/c1-3-9-6-4-8(2)5-7-9;/h3-7H,1H2,2H3;1H. The normalized spacial score (nSPS) is 8.10. The molecule has 0 fully saturated rings. The summed E-state index contributed by atoms with van der Waals surface area (Å²) in [5.74, 6) is 0. The molecule has 1 heteroatoms. The Hall–Kier alpha value is -0.560. The maximum atomic E-state index is 3.66. The molecule has 0 saturated heterocycles. The molecular formula is C9H11Br. The first kappa shape index (κ1) is 9.44. The first-order chi connectivity index (χ1) is 4.33. The van der Waals surface area contributed by atoms with Gasteiger partial charge in [-0.3, -0.25) is 0 Å². The maximum Gasteiger partial charge on any atom is -0.0262 e. The fraction of sp³-hybridized carbons (Fsp3) is 0.111. The van der Waals surface area contributed by atoms with Crippen LogP contribution in [0.2, 0.25) is 0 Å². The lowest BCUT2D eigenvalue weighted by molar-refractivity contribution is 1.46. The topological polar surface area (TPSA) is 0 Å². The van der Waals surface area contributed by atoms with Crippen molar-refractivity contribution < 1.29 is 0 Å². The van der Waals surface area contributed by atoms with Crippen LogP contribution in [0.1, 0.15) is 11.1 Å². The highest BCUT2D eigenvalue weighted by Gasteiger charge is 1.82. The summed E-state index contributed by atoms with van der Waals surface area (Å²) in [5, 5.41) is 0. The van der Waals surface area contributed by atoms with E-state index in [9.17, 15) is 0 Å². The van der Waals surface area contributed by atoms with Gasteiger partial charge in [0.2, 0.25) is 0 Å². The van der Waals surface area contributed by atoms with E-state index in [2.05, 4.69) is 37.8 Å². The number of hydrogen-bond donors (Lipinski definition) is 0. The van der Waals surface area contributed by atoms with Gasteiger partial charge in [0.25, 0.3) is 0 Å². The molecule has 0 unspecified atom stereocenters. The Morgan fingerprint density at radius 3 is 2.10 bits per heavy atom. The minimum atomic E-state index is 0. The Labute approximate surface area is 72.3 Å². The summed E-state index contributed by atoms with van der Waals surface area (Å²) in [6.45, 7) is 5.74. The first-order valence-corrected chi connectivity index (χ1v) is 3.02. The second-order valence-corrected chi connectivity index (χ2v) is 2.11. The number of benzene rings is 1. The Morgan fingerprint density at radius 2 is 1.70 bits per heavy atom. The van der Waals surface area contributed by atoms with Crippen molar-refractivity contribution in [2.24, 2.45) is 0 Å². The molecule has 0 bridgehead atoms. The summed E-state index contributed by atoms with van der Waals surface area (Å²) in [6.07, 6.45) is 1.85. The molecule has 0 N–H and O–H groups in total. The van der Waals surface area contributed by atoms with E-state index in [1.54, 1.807) is 0 Å². The highest BCUT2D eigenvalue weighted by Crippen LogP contribution is 2.02. The van der Waals surface area contributed by atoms with Crippen molar-refractivity contribution in [3.8, 4) is 0 Å². The molecule has 1 aromatic carbocycles. The molecule has 0 radical (unpaired) electrons. The molecule has 1 rings (SSSR count). The van der Waals surface area contributed by atoms with Crippen LogP contribution in [0.3, 0.4) is 0 Å². The van der Waals surface area contributed by atoms with Gasteiger partial charge in [0, 0.05) is 0 Å². The molecule has 0 saturated carbocycles. The number of rotatable bonds is 1. The van der Waals surface area contributed by atoms with Crippen LogP contribution in [0.5, 0.6) is 0 Å². The molecule has 0 aliphatic carbocycles. The van der Waals surface area contributed by atoms with Crippen LogP contribution >= 0.6 is 17.0 Å². The fourth-order valence-electron chi connectivity index (χ4n) is 0.703. The van der Waals surface area contributed by atoms with Gasteiger partial charge in [0.15, 0.2) is 0 Å². The zero-order valence-electron chi connectivity index (χ0n) is 6.00. The highest BCUT2D eigenvalue weighted by atomic mass is 79.9. The SMILES string of the molecule is Br.C=Cc1ccc(C)cc1. The fourth-order valence-corrected chi connectivity index (χ4v) is 0.703. The molecule has 54 valence electrons. The Morgan fingerprint density at radius 1 is 1.20 bits per heavy atom. The maximum absolute atomic E-state index is 3.66. The summed E-state index contributed by atoms with van der Waals surface area (Å²) in [6, 6.07) is 8.28. The van der Waals surface area contributed by atoms with Gasteiger partial charge in [0.05, 0.1) is 0 Å². The minimum absolute atomic E-state index is 0. The second-order valence-electron chi connectivity index (χ2n) is 2.11. The van der Waals surface area contributed by atoms with Crippen molar-refractivity contribution in [3.63, 3.8) is 0 Å². The summed E-state index contributed by atoms with van der Waals surface area (Å²) >= 11 is 0. The van der Waals surface area contributed by atoms with Crippen LogP contribution in [0.15, 0.2) is 30.8 Å². The Balaban J connectivity index is 0.000000810. The summed E-state index contributed by atoms with van der Waals surface area (Å²) in [4.78, 5) is 0. The molecule has 0 spiro atoms. The van der Waals surface area contributed by atoms with Gasteiger partial charge in [0.1, 0.15) is 0 Å². The van der Waals surface area contributed by atoms with E-state index in [4.69, 9.17) is 0 Å². The van der Waals surface area contributed by atoms with Crippen molar-refractivity contribution in [2.75, 3.05) is 0 Å². The van der Waals surface area contributed by atoms with Crippen LogP contribution < -0.4 is 0 Å². The average molecular weight is 199 g/mol. The quantitative estimate of drug-likeness (QED) is 0.651. The van der Waals surface area contributed by atoms with E-state index in [1.807, 2.05) is 6.08 Å². The summed E-state index contributed by atoms with van der Waals surface area (Å²) in [5.41, 5.74) is 2.47. The molecule has 0 amide bonds. The van der Waals surface area contributed by atoms with E-state index in [-0.39, 0.29) is 17.0 Å². The molecule has 0 aliphatic rings. The van der Waals surface area contributed by atoms with E-state index < -0.39 is 0 Å². The molecule has 0 heterocycles. The Kier molecular flexibility index (Phi) is 4.05. The molecule has 0 nitrogen and oxygen atoms in total. The Bertz CT molecular complexity index is 198. The van der Waals surface area contributed by atoms with E-state index in [1.165, 1.54) is 11.1 Å². The first-order valence-electron chi connectivity index (χ1n) is 3.02. The predicted molar refractivity (Wildman–Crippen MR) is 51.6 cm³/mol. The third kappa shape index (κ3) is 2.36. The van der Waals surface area contributed by atoms with Gasteiger partial charge in [-0.05, 0) is 12.5 Å². The lowest BCUT2D eigenvalue weighted by atomic mass is 10.2. The molecular weight excluding hydrogens is 188 g/mol. The van der Waals surface area contributed by atoms with Crippen LogP contribution in [-0.2, 0) is 0 Å². The number of hydrogen-bond acceptors (Lipinski definition) is 0. The van der Waals surface area contributed by atoms with Gasteiger partial charge in [-0.1, -0.05) is 42.5 Å². The van der Waals surface area contributed by atoms with Crippen molar-refractivity contribution in [2.45, 2.75) is 6.92 Å². The van der Waals surface area contributed by atoms with Gasteiger partial charge >= 0.3 is 0 Å². The van der Waals surface area contributed by atoms with Crippen LogP contribution in [0.25, 0.3) is 6.08 Å². The van der Waals surface area contributed by atoms with Gasteiger partial charge in [-0.15, -0.1) is 17.0 Å². The third-order valence-electron chi connectivity index (χ3n) is 1.31. The van der Waals surface area contributed by atoms with Crippen LogP contribution in [0.4, 0.5) is 0 Å². The lowest BCUT2D eigenvalue weighted by Gasteiger charge is -1.91. The molecule has 0 aromatic heterocycles. The van der Waals surface area contributed by atoms with Crippen LogP contribution in [0, 0.1) is 6.92 Å². The third-order valence-corrected chi connectivity index (χ3v) is 1.31. The van der Waals surface area contributed by atoms with Crippen molar-refractivity contribution >= 4 is 23.1 Å². The summed E-state index contributed by atoms with van der Waals surface area (Å²) < 4.78 is 0. The van der Waals surface area contributed by atoms with Crippen molar-refractivity contribution in [1.29, 1.82) is 0 Å². The second kappa shape index (κ2) is 4.29.